The van der Waals surface area contributed by atoms with E-state index in [1.54, 1.807) is 0 Å². The summed E-state index contributed by atoms with van der Waals surface area (Å²) in [5, 5.41) is 9.39. The third-order valence-electron chi connectivity index (χ3n) is 10.1. The topological polar surface area (TPSA) is 29.5 Å². The van der Waals surface area contributed by atoms with Gasteiger partial charge >= 0.3 is 0 Å². The highest BCUT2D eigenvalue weighted by Crippen LogP contribution is 2.47. The number of benzene rings is 8. The Bertz CT molecular complexity index is 3090. The lowest BCUT2D eigenvalue weighted by Gasteiger charge is -2.26. The molecular weight excluding hydrogens is 631 g/mol. The highest BCUT2D eigenvalue weighted by atomic mass is 32.1. The van der Waals surface area contributed by atoms with Gasteiger partial charge in [0.25, 0.3) is 0 Å². The van der Waals surface area contributed by atoms with Crippen LogP contribution in [0.2, 0.25) is 0 Å². The maximum absolute atomic E-state index is 6.67. The molecule has 3 heterocycles. The summed E-state index contributed by atoms with van der Waals surface area (Å²) < 4.78 is 15.4. The van der Waals surface area contributed by atoms with Gasteiger partial charge in [-0.05, 0) is 88.6 Å². The van der Waals surface area contributed by atoms with E-state index in [0.717, 1.165) is 66.3 Å². The number of hydrogen-bond donors (Lipinski definition) is 0. The number of para-hydroxylation sites is 1. The predicted molar refractivity (Wildman–Crippen MR) is 212 cm³/mol. The summed E-state index contributed by atoms with van der Waals surface area (Å²) in [4.78, 5) is 2.37. The van der Waals surface area contributed by atoms with Crippen LogP contribution in [-0.2, 0) is 0 Å². The zero-order valence-electron chi connectivity index (χ0n) is 26.8. The Hall–Kier alpha value is -6.36. The molecule has 3 aromatic heterocycles. The van der Waals surface area contributed by atoms with Gasteiger partial charge in [-0.25, -0.2) is 0 Å². The number of fused-ring (bicyclic) bond motifs is 12. The summed E-state index contributed by atoms with van der Waals surface area (Å²) in [5.41, 5.74) is 9.21. The van der Waals surface area contributed by atoms with Crippen molar-refractivity contribution in [2.75, 3.05) is 4.90 Å². The smallest absolute Gasteiger partial charge is 0.137 e. The van der Waals surface area contributed by atoms with Crippen LogP contribution in [0.15, 0.2) is 173 Å². The van der Waals surface area contributed by atoms with E-state index in [9.17, 15) is 0 Å². The fourth-order valence-electron chi connectivity index (χ4n) is 7.80. The molecule has 0 amide bonds. The molecular formula is C46H27NO2S. The molecule has 0 radical (unpaired) electrons. The molecule has 0 saturated heterocycles. The molecule has 0 aliphatic carbocycles. The second-order valence-corrected chi connectivity index (χ2v) is 13.9. The summed E-state index contributed by atoms with van der Waals surface area (Å²) >= 11 is 1.84. The third kappa shape index (κ3) is 4.03. The number of hydrogen-bond acceptors (Lipinski definition) is 4. The molecule has 0 spiro atoms. The zero-order chi connectivity index (χ0) is 32.8. The number of rotatable bonds is 4. The maximum Gasteiger partial charge on any atom is 0.137 e. The second-order valence-electron chi connectivity index (χ2n) is 12.9. The van der Waals surface area contributed by atoms with Gasteiger partial charge in [0.15, 0.2) is 0 Å². The molecule has 0 fully saturated rings. The van der Waals surface area contributed by atoms with Crippen LogP contribution in [-0.4, -0.2) is 0 Å². The van der Waals surface area contributed by atoms with Crippen molar-refractivity contribution in [3.05, 3.63) is 164 Å². The van der Waals surface area contributed by atoms with Gasteiger partial charge in [0, 0.05) is 54.5 Å². The van der Waals surface area contributed by atoms with Crippen LogP contribution >= 0.6 is 11.3 Å². The van der Waals surface area contributed by atoms with E-state index < -0.39 is 0 Å². The highest BCUT2D eigenvalue weighted by Gasteiger charge is 2.21. The predicted octanol–water partition coefficient (Wildman–Crippen LogP) is 14.1. The van der Waals surface area contributed by atoms with Gasteiger partial charge in [-0.1, -0.05) is 91.0 Å². The first-order chi connectivity index (χ1) is 24.8. The lowest BCUT2D eigenvalue weighted by atomic mass is 9.99. The van der Waals surface area contributed by atoms with Crippen molar-refractivity contribution in [2.45, 2.75) is 0 Å². The zero-order valence-corrected chi connectivity index (χ0v) is 27.6. The van der Waals surface area contributed by atoms with Crippen LogP contribution in [0.3, 0.4) is 0 Å². The van der Waals surface area contributed by atoms with Crippen molar-refractivity contribution in [1.29, 1.82) is 0 Å². The Morgan fingerprint density at radius 1 is 0.380 bits per heavy atom. The van der Waals surface area contributed by atoms with Gasteiger partial charge in [0.05, 0.1) is 10.4 Å². The Morgan fingerprint density at radius 2 is 0.980 bits per heavy atom. The molecule has 50 heavy (non-hydrogen) atoms. The van der Waals surface area contributed by atoms with Gasteiger partial charge in [-0.3, -0.25) is 0 Å². The number of anilines is 3. The van der Waals surface area contributed by atoms with E-state index in [4.69, 9.17) is 8.83 Å². The molecule has 11 aromatic rings. The molecule has 0 atom stereocenters. The summed E-state index contributed by atoms with van der Waals surface area (Å²) in [6.45, 7) is 0. The first-order valence-corrected chi connectivity index (χ1v) is 17.7. The average molecular weight is 658 g/mol. The minimum atomic E-state index is 0.858. The van der Waals surface area contributed by atoms with Crippen molar-refractivity contribution < 1.29 is 8.83 Å². The lowest BCUT2D eigenvalue weighted by molar-refractivity contribution is 0.668. The summed E-state index contributed by atoms with van der Waals surface area (Å²) in [7, 11) is 0. The van der Waals surface area contributed by atoms with Crippen LogP contribution in [0.1, 0.15) is 0 Å². The Morgan fingerprint density at radius 3 is 1.78 bits per heavy atom. The SMILES string of the molecule is c1ccc(-c2ccc(N(c3ccc4c(c3)oc3ccc5c(ccc6oc7ccccc7c65)c34)c3cccc4c3sc3ccccc34)cc2)cc1. The van der Waals surface area contributed by atoms with E-state index >= 15 is 0 Å². The fraction of sp³-hybridized carbons (Fsp3) is 0. The number of furan rings is 2. The van der Waals surface area contributed by atoms with Gasteiger partial charge in [0.1, 0.15) is 22.3 Å². The van der Waals surface area contributed by atoms with E-state index in [1.165, 1.54) is 36.7 Å². The molecule has 8 aromatic carbocycles. The minimum absolute atomic E-state index is 0.858. The second kappa shape index (κ2) is 10.6. The molecule has 0 aliphatic heterocycles. The van der Waals surface area contributed by atoms with Crippen molar-refractivity contribution in [3.63, 3.8) is 0 Å². The largest absolute Gasteiger partial charge is 0.456 e. The Labute approximate surface area is 290 Å². The van der Waals surface area contributed by atoms with E-state index in [2.05, 4.69) is 157 Å². The molecule has 0 bridgehead atoms. The molecule has 0 saturated carbocycles. The highest BCUT2D eigenvalue weighted by molar-refractivity contribution is 7.26. The van der Waals surface area contributed by atoms with Crippen LogP contribution in [0.5, 0.6) is 0 Å². The molecule has 4 heteroatoms. The van der Waals surface area contributed by atoms with Crippen molar-refractivity contribution >= 4 is 103 Å². The minimum Gasteiger partial charge on any atom is -0.456 e. The van der Waals surface area contributed by atoms with Crippen molar-refractivity contribution in [3.8, 4) is 11.1 Å². The molecule has 11 rings (SSSR count). The first kappa shape index (κ1) is 27.6. The maximum atomic E-state index is 6.67. The molecule has 234 valence electrons. The van der Waals surface area contributed by atoms with Crippen LogP contribution in [0.25, 0.3) is 85.9 Å². The van der Waals surface area contributed by atoms with Crippen LogP contribution in [0.4, 0.5) is 17.1 Å². The number of thiophene rings is 1. The molecule has 0 aliphatic rings. The van der Waals surface area contributed by atoms with Gasteiger partial charge in [-0.2, -0.15) is 0 Å². The standard InChI is InChI=1S/C46H27NO2S/c1-2-9-28(10-3-1)29-17-19-30(20-18-29)47(38-14-8-13-35-32-11-5-7-16-43(32)50-46(35)38)31-21-22-37-42(27-31)49-41-26-24-33-34(45(37)41)23-25-40-44(33)36-12-4-6-15-39(36)48-40/h1-27H. The molecule has 0 unspecified atom stereocenters. The van der Waals surface area contributed by atoms with E-state index in [0.29, 0.717) is 0 Å². The summed E-state index contributed by atoms with van der Waals surface area (Å²) in [5.74, 6) is 0. The Kier molecular flexibility index (Phi) is 5.83. The van der Waals surface area contributed by atoms with Crippen LogP contribution < -0.4 is 4.90 Å². The average Bonchev–Trinajstić information content (AvgIpc) is 3.87. The Balaban J connectivity index is 1.13. The van der Waals surface area contributed by atoms with E-state index in [-0.39, 0.29) is 0 Å². The lowest BCUT2D eigenvalue weighted by Crippen LogP contribution is -2.10. The van der Waals surface area contributed by atoms with Gasteiger partial charge < -0.3 is 13.7 Å². The number of nitrogens with zero attached hydrogens (tertiary/aromatic N) is 1. The summed E-state index contributed by atoms with van der Waals surface area (Å²) in [6.07, 6.45) is 0. The molecule has 3 nitrogen and oxygen atoms in total. The van der Waals surface area contributed by atoms with Crippen molar-refractivity contribution in [2.24, 2.45) is 0 Å². The first-order valence-electron chi connectivity index (χ1n) is 16.8. The van der Waals surface area contributed by atoms with Gasteiger partial charge in [0.2, 0.25) is 0 Å². The fourth-order valence-corrected chi connectivity index (χ4v) is 9.01. The van der Waals surface area contributed by atoms with Crippen molar-refractivity contribution in [1.82, 2.24) is 0 Å². The third-order valence-corrected chi connectivity index (χ3v) is 11.3. The van der Waals surface area contributed by atoms with E-state index in [1.807, 2.05) is 23.5 Å². The normalized spacial score (nSPS) is 12.0. The van der Waals surface area contributed by atoms with Crippen LogP contribution in [0, 0.1) is 0 Å². The molecule has 0 N–H and O–H groups in total. The van der Waals surface area contributed by atoms with Gasteiger partial charge in [-0.15, -0.1) is 11.3 Å². The monoisotopic (exact) mass is 657 g/mol. The quantitative estimate of drug-likeness (QED) is 0.189. The summed E-state index contributed by atoms with van der Waals surface area (Å²) in [6, 6.07) is 58.3.